The summed E-state index contributed by atoms with van der Waals surface area (Å²) in [6.45, 7) is 6.44. The summed E-state index contributed by atoms with van der Waals surface area (Å²) in [5.41, 5.74) is 0. The fourth-order valence-corrected chi connectivity index (χ4v) is 6.56. The second kappa shape index (κ2) is 46.8. The number of carbonyl (C=O) groups excluding carboxylic acids is 3. The van der Waals surface area contributed by atoms with Gasteiger partial charge in [-0.3, -0.25) is 14.4 Å². The van der Waals surface area contributed by atoms with Crippen LogP contribution in [0.25, 0.3) is 0 Å². The summed E-state index contributed by atoms with van der Waals surface area (Å²) in [6.07, 6.45) is 56.4. The molecule has 1 atom stereocenters. The molecule has 0 rings (SSSR count). The number of ether oxygens (including phenoxy) is 3. The molecule has 0 aliphatic heterocycles. The van der Waals surface area contributed by atoms with E-state index in [2.05, 4.69) is 81.5 Å². The number of hydrogen-bond acceptors (Lipinski definition) is 6. The highest BCUT2D eigenvalue weighted by atomic mass is 16.6. The first kappa shape index (κ1) is 55.1. The lowest BCUT2D eigenvalue weighted by atomic mass is 10.1. The van der Waals surface area contributed by atoms with Gasteiger partial charge in [-0.15, -0.1) is 0 Å². The SMILES string of the molecule is CC/C=C\C/C=C\C/C=C\CCCCC(=O)OC(COC(=O)CCCCCCC/C=C\CCCCC)COC(=O)CCCCCCC/C=C\CCCCCCCCC. The van der Waals surface area contributed by atoms with Gasteiger partial charge in [0.25, 0.3) is 0 Å². The third kappa shape index (κ3) is 44.2. The average molecular weight is 811 g/mol. The molecule has 0 saturated heterocycles. The Morgan fingerprint density at radius 3 is 1.14 bits per heavy atom. The third-order valence-electron chi connectivity index (χ3n) is 10.2. The maximum absolute atomic E-state index is 12.7. The highest BCUT2D eigenvalue weighted by Gasteiger charge is 2.19. The first-order chi connectivity index (χ1) is 28.5. The van der Waals surface area contributed by atoms with E-state index in [1.165, 1.54) is 103 Å². The molecule has 0 aliphatic carbocycles. The van der Waals surface area contributed by atoms with Gasteiger partial charge in [-0.05, 0) is 103 Å². The van der Waals surface area contributed by atoms with E-state index in [4.69, 9.17) is 14.2 Å². The lowest BCUT2D eigenvalue weighted by Crippen LogP contribution is -2.30. The van der Waals surface area contributed by atoms with Crippen molar-refractivity contribution < 1.29 is 28.6 Å². The predicted octanol–water partition coefficient (Wildman–Crippen LogP) is 15.7. The summed E-state index contributed by atoms with van der Waals surface area (Å²) in [7, 11) is 0. The van der Waals surface area contributed by atoms with E-state index < -0.39 is 6.10 Å². The third-order valence-corrected chi connectivity index (χ3v) is 10.2. The average Bonchev–Trinajstić information content (AvgIpc) is 3.22. The Morgan fingerprint density at radius 1 is 0.362 bits per heavy atom. The normalized spacial score (nSPS) is 12.5. The molecule has 0 bridgehead atoms. The van der Waals surface area contributed by atoms with Crippen molar-refractivity contribution in [3.63, 3.8) is 0 Å². The molecular weight excluding hydrogens is 721 g/mol. The highest BCUT2D eigenvalue weighted by Crippen LogP contribution is 2.13. The molecule has 6 heteroatoms. The van der Waals surface area contributed by atoms with Crippen LogP contribution in [0.3, 0.4) is 0 Å². The second-order valence-corrected chi connectivity index (χ2v) is 16.0. The fourth-order valence-electron chi connectivity index (χ4n) is 6.56. The van der Waals surface area contributed by atoms with E-state index in [0.717, 1.165) is 83.5 Å². The molecule has 0 heterocycles. The van der Waals surface area contributed by atoms with Crippen LogP contribution in [0.2, 0.25) is 0 Å². The molecule has 0 aliphatic rings. The minimum absolute atomic E-state index is 0.0966. The van der Waals surface area contributed by atoms with Crippen LogP contribution in [0, 0.1) is 0 Å². The molecule has 0 aromatic carbocycles. The van der Waals surface area contributed by atoms with Crippen LogP contribution < -0.4 is 0 Å². The number of rotatable bonds is 43. The molecule has 0 aromatic heterocycles. The van der Waals surface area contributed by atoms with Gasteiger partial charge in [-0.1, -0.05) is 171 Å². The van der Waals surface area contributed by atoms with Gasteiger partial charge in [0.05, 0.1) is 0 Å². The highest BCUT2D eigenvalue weighted by molar-refractivity contribution is 5.71. The topological polar surface area (TPSA) is 78.9 Å². The van der Waals surface area contributed by atoms with Gasteiger partial charge in [0, 0.05) is 19.3 Å². The van der Waals surface area contributed by atoms with E-state index >= 15 is 0 Å². The fraction of sp³-hybridized carbons (Fsp3) is 0.750. The van der Waals surface area contributed by atoms with E-state index in [1.54, 1.807) is 0 Å². The van der Waals surface area contributed by atoms with Gasteiger partial charge in [0.1, 0.15) is 13.2 Å². The number of unbranched alkanes of at least 4 members (excludes halogenated alkanes) is 22. The van der Waals surface area contributed by atoms with Gasteiger partial charge < -0.3 is 14.2 Å². The Labute approximate surface area is 358 Å². The minimum Gasteiger partial charge on any atom is -0.462 e. The quantitative estimate of drug-likeness (QED) is 0.0264. The summed E-state index contributed by atoms with van der Waals surface area (Å²) in [5, 5.41) is 0. The van der Waals surface area contributed by atoms with Gasteiger partial charge in [0.2, 0.25) is 0 Å². The first-order valence-corrected chi connectivity index (χ1v) is 24.3. The van der Waals surface area contributed by atoms with Crippen LogP contribution in [-0.4, -0.2) is 37.2 Å². The van der Waals surface area contributed by atoms with Crippen LogP contribution in [0.15, 0.2) is 60.8 Å². The molecule has 0 saturated carbocycles. The number of esters is 3. The molecule has 6 nitrogen and oxygen atoms in total. The molecule has 0 N–H and O–H groups in total. The molecule has 0 amide bonds. The van der Waals surface area contributed by atoms with E-state index in [9.17, 15) is 14.4 Å². The molecule has 0 aromatic rings. The predicted molar refractivity (Wildman–Crippen MR) is 247 cm³/mol. The molecule has 334 valence electrons. The second-order valence-electron chi connectivity index (χ2n) is 16.0. The lowest BCUT2D eigenvalue weighted by molar-refractivity contribution is -0.167. The Morgan fingerprint density at radius 2 is 0.672 bits per heavy atom. The Bertz CT molecular complexity index is 1070. The van der Waals surface area contributed by atoms with Crippen LogP contribution in [-0.2, 0) is 28.6 Å². The number of carbonyl (C=O) groups is 3. The molecule has 0 radical (unpaired) electrons. The van der Waals surface area contributed by atoms with E-state index in [0.29, 0.717) is 19.3 Å². The van der Waals surface area contributed by atoms with E-state index in [-0.39, 0.29) is 37.5 Å². The zero-order chi connectivity index (χ0) is 42.3. The number of hydrogen-bond donors (Lipinski definition) is 0. The van der Waals surface area contributed by atoms with Crippen molar-refractivity contribution >= 4 is 17.9 Å². The summed E-state index contributed by atoms with van der Waals surface area (Å²) in [5.74, 6) is -0.954. The van der Waals surface area contributed by atoms with Crippen LogP contribution >= 0.6 is 0 Å². The zero-order valence-electron chi connectivity index (χ0n) is 38.0. The van der Waals surface area contributed by atoms with Crippen molar-refractivity contribution in [3.8, 4) is 0 Å². The van der Waals surface area contributed by atoms with Crippen molar-refractivity contribution in [3.05, 3.63) is 60.8 Å². The van der Waals surface area contributed by atoms with Crippen molar-refractivity contribution in [2.75, 3.05) is 13.2 Å². The Kier molecular flexibility index (Phi) is 44.5. The van der Waals surface area contributed by atoms with Crippen molar-refractivity contribution in [1.82, 2.24) is 0 Å². The standard InChI is InChI=1S/C52H90O6/c1-4-7-10-13-16-19-22-25-26-27-28-31-33-36-39-42-45-51(54)57-48-49(58-52(55)46-43-40-37-34-30-24-21-18-15-12-9-6-3)47-56-50(53)44-41-38-35-32-29-23-20-17-14-11-8-5-2/h9,12,17-18,20-21,26-27,30,34,49H,4-8,10-11,13-16,19,22-25,28-29,31-33,35-48H2,1-3H3/b12-9-,20-17-,21-18-,27-26-,34-30-. The zero-order valence-corrected chi connectivity index (χ0v) is 38.0. The largest absolute Gasteiger partial charge is 0.462 e. The Balaban J connectivity index is 4.42. The summed E-state index contributed by atoms with van der Waals surface area (Å²) >= 11 is 0. The van der Waals surface area contributed by atoms with Gasteiger partial charge in [-0.25, -0.2) is 0 Å². The van der Waals surface area contributed by atoms with Crippen LogP contribution in [0.4, 0.5) is 0 Å². The molecule has 0 fully saturated rings. The molecule has 1 unspecified atom stereocenters. The summed E-state index contributed by atoms with van der Waals surface area (Å²) < 4.78 is 16.7. The molecule has 0 spiro atoms. The lowest BCUT2D eigenvalue weighted by Gasteiger charge is -2.18. The minimum atomic E-state index is -0.798. The van der Waals surface area contributed by atoms with Crippen LogP contribution in [0.5, 0.6) is 0 Å². The van der Waals surface area contributed by atoms with Gasteiger partial charge >= 0.3 is 17.9 Å². The first-order valence-electron chi connectivity index (χ1n) is 24.3. The van der Waals surface area contributed by atoms with Gasteiger partial charge in [-0.2, -0.15) is 0 Å². The Hall–Kier alpha value is -2.89. The maximum Gasteiger partial charge on any atom is 0.306 e. The smallest absolute Gasteiger partial charge is 0.306 e. The van der Waals surface area contributed by atoms with Crippen LogP contribution in [0.1, 0.15) is 233 Å². The van der Waals surface area contributed by atoms with Crippen molar-refractivity contribution in [1.29, 1.82) is 0 Å². The molecular formula is C52H90O6. The van der Waals surface area contributed by atoms with Crippen molar-refractivity contribution in [2.45, 2.75) is 239 Å². The van der Waals surface area contributed by atoms with Gasteiger partial charge in [0.15, 0.2) is 6.10 Å². The summed E-state index contributed by atoms with van der Waals surface area (Å²) in [6, 6.07) is 0. The van der Waals surface area contributed by atoms with E-state index in [1.807, 2.05) is 0 Å². The maximum atomic E-state index is 12.7. The monoisotopic (exact) mass is 811 g/mol. The summed E-state index contributed by atoms with van der Waals surface area (Å²) in [4.78, 5) is 37.8. The van der Waals surface area contributed by atoms with Crippen molar-refractivity contribution in [2.24, 2.45) is 0 Å². The number of allylic oxidation sites excluding steroid dienone is 10. The molecule has 58 heavy (non-hydrogen) atoms.